The van der Waals surface area contributed by atoms with Crippen molar-refractivity contribution in [2.45, 2.75) is 25.8 Å². The van der Waals surface area contributed by atoms with Crippen LogP contribution in [0.5, 0.6) is 0 Å². The highest BCUT2D eigenvalue weighted by molar-refractivity contribution is 6.60. The van der Waals surface area contributed by atoms with E-state index in [4.69, 9.17) is 13.3 Å². The summed E-state index contributed by atoms with van der Waals surface area (Å²) in [6, 6.07) is 0.763. The number of carbonyl (C=O) groups is 1. The molecule has 0 spiro atoms. The standard InChI is InChI=1S/C10H20O4Si/c1-10(9-11)7-5-6-8-15(12-2,13-3)14-4/h7,9H,5-6,8H2,1-4H3/b10-7+. The summed E-state index contributed by atoms with van der Waals surface area (Å²) in [5, 5.41) is 0. The van der Waals surface area contributed by atoms with E-state index in [1.165, 1.54) is 0 Å². The van der Waals surface area contributed by atoms with Gasteiger partial charge in [0.2, 0.25) is 0 Å². The molecule has 15 heavy (non-hydrogen) atoms. The molecule has 0 saturated heterocycles. The first kappa shape index (κ1) is 14.5. The average molecular weight is 232 g/mol. The lowest BCUT2D eigenvalue weighted by atomic mass is 10.2. The van der Waals surface area contributed by atoms with Crippen molar-refractivity contribution in [1.82, 2.24) is 0 Å². The van der Waals surface area contributed by atoms with Gasteiger partial charge in [-0.25, -0.2) is 0 Å². The quantitative estimate of drug-likeness (QED) is 0.277. The predicted octanol–water partition coefficient (Wildman–Crippen LogP) is 1.79. The summed E-state index contributed by atoms with van der Waals surface area (Å²) in [6.07, 6.45) is 4.50. The van der Waals surface area contributed by atoms with Crippen LogP contribution >= 0.6 is 0 Å². The van der Waals surface area contributed by atoms with Gasteiger partial charge in [-0.3, -0.25) is 4.79 Å². The summed E-state index contributed by atoms with van der Waals surface area (Å²) in [5.41, 5.74) is 0.759. The van der Waals surface area contributed by atoms with E-state index in [2.05, 4.69) is 0 Å². The van der Waals surface area contributed by atoms with Crippen LogP contribution in [0, 0.1) is 0 Å². The molecule has 0 aromatic rings. The zero-order chi connectivity index (χ0) is 11.7. The molecule has 0 atom stereocenters. The molecular weight excluding hydrogens is 212 g/mol. The lowest BCUT2D eigenvalue weighted by Gasteiger charge is -2.23. The van der Waals surface area contributed by atoms with Crippen LogP contribution in [0.25, 0.3) is 0 Å². The van der Waals surface area contributed by atoms with Crippen LogP contribution in [0.15, 0.2) is 11.6 Å². The van der Waals surface area contributed by atoms with Gasteiger partial charge in [0.25, 0.3) is 0 Å². The van der Waals surface area contributed by atoms with Crippen molar-refractivity contribution in [3.63, 3.8) is 0 Å². The number of unbranched alkanes of at least 4 members (excludes halogenated alkanes) is 1. The largest absolute Gasteiger partial charge is 0.500 e. The molecule has 0 rings (SSSR count). The second-order valence-electron chi connectivity index (χ2n) is 3.25. The Morgan fingerprint density at radius 1 is 1.20 bits per heavy atom. The van der Waals surface area contributed by atoms with Crippen molar-refractivity contribution in [3.8, 4) is 0 Å². The first-order valence-electron chi connectivity index (χ1n) is 4.91. The van der Waals surface area contributed by atoms with Gasteiger partial charge < -0.3 is 13.3 Å². The van der Waals surface area contributed by atoms with E-state index in [-0.39, 0.29) is 0 Å². The van der Waals surface area contributed by atoms with Crippen LogP contribution in [0.3, 0.4) is 0 Å². The zero-order valence-electron chi connectivity index (χ0n) is 9.91. The molecule has 0 saturated carbocycles. The first-order valence-corrected chi connectivity index (χ1v) is 6.84. The van der Waals surface area contributed by atoms with Crippen LogP contribution < -0.4 is 0 Å². The smallest absolute Gasteiger partial charge is 0.377 e. The number of hydrogen-bond donors (Lipinski definition) is 0. The summed E-state index contributed by atoms with van der Waals surface area (Å²) < 4.78 is 15.8. The Bertz CT molecular complexity index is 203. The SMILES string of the molecule is CO[Si](CCC/C=C(\C)C=O)(OC)OC. The van der Waals surface area contributed by atoms with E-state index in [9.17, 15) is 4.79 Å². The Morgan fingerprint density at radius 3 is 2.13 bits per heavy atom. The lowest BCUT2D eigenvalue weighted by Crippen LogP contribution is -2.42. The summed E-state index contributed by atoms with van der Waals surface area (Å²) in [4.78, 5) is 10.3. The molecule has 0 fully saturated rings. The normalized spacial score (nSPS) is 12.9. The highest BCUT2D eigenvalue weighted by Crippen LogP contribution is 2.16. The van der Waals surface area contributed by atoms with Gasteiger partial charge in [0.15, 0.2) is 0 Å². The number of carbonyl (C=O) groups excluding carboxylic acids is 1. The molecule has 0 aromatic carbocycles. The molecule has 0 amide bonds. The maximum atomic E-state index is 10.3. The van der Waals surface area contributed by atoms with Gasteiger partial charge in [-0.1, -0.05) is 6.08 Å². The molecule has 4 nitrogen and oxygen atoms in total. The van der Waals surface area contributed by atoms with Crippen molar-refractivity contribution < 1.29 is 18.1 Å². The Morgan fingerprint density at radius 2 is 1.73 bits per heavy atom. The fourth-order valence-corrected chi connectivity index (χ4v) is 3.00. The molecule has 88 valence electrons. The van der Waals surface area contributed by atoms with Gasteiger partial charge >= 0.3 is 8.80 Å². The maximum Gasteiger partial charge on any atom is 0.500 e. The van der Waals surface area contributed by atoms with Gasteiger partial charge in [0.1, 0.15) is 6.29 Å². The summed E-state index contributed by atoms with van der Waals surface area (Å²) >= 11 is 0. The van der Waals surface area contributed by atoms with E-state index in [1.54, 1.807) is 28.3 Å². The zero-order valence-corrected chi connectivity index (χ0v) is 10.9. The molecule has 5 heteroatoms. The summed E-state index contributed by atoms with van der Waals surface area (Å²) in [7, 11) is 2.39. The Balaban J connectivity index is 3.96. The molecule has 0 aliphatic carbocycles. The number of hydrogen-bond acceptors (Lipinski definition) is 4. The van der Waals surface area contributed by atoms with Gasteiger partial charge in [0.05, 0.1) is 0 Å². The molecule has 0 aliphatic heterocycles. The third-order valence-electron chi connectivity index (χ3n) is 2.27. The minimum atomic E-state index is -2.42. The van der Waals surface area contributed by atoms with Gasteiger partial charge in [0, 0.05) is 27.4 Å². The third-order valence-corrected chi connectivity index (χ3v) is 5.10. The van der Waals surface area contributed by atoms with Crippen molar-refractivity contribution in [2.75, 3.05) is 21.3 Å². The number of rotatable bonds is 8. The van der Waals surface area contributed by atoms with E-state index in [0.29, 0.717) is 0 Å². The summed E-state index contributed by atoms with van der Waals surface area (Å²) in [5.74, 6) is 0. The fraction of sp³-hybridized carbons (Fsp3) is 0.700. The Kier molecular flexibility index (Phi) is 7.50. The average Bonchev–Trinajstić information content (AvgIpc) is 2.30. The third kappa shape index (κ3) is 5.22. The van der Waals surface area contributed by atoms with Gasteiger partial charge in [-0.2, -0.15) is 0 Å². The Labute approximate surface area is 92.6 Å². The lowest BCUT2D eigenvalue weighted by molar-refractivity contribution is -0.104. The molecule has 0 N–H and O–H groups in total. The van der Waals surface area contributed by atoms with E-state index < -0.39 is 8.80 Å². The monoisotopic (exact) mass is 232 g/mol. The van der Waals surface area contributed by atoms with Crippen LogP contribution in [-0.2, 0) is 18.1 Å². The van der Waals surface area contributed by atoms with Crippen molar-refractivity contribution >= 4 is 15.1 Å². The van der Waals surface area contributed by atoms with E-state index in [0.717, 1.165) is 30.7 Å². The van der Waals surface area contributed by atoms with Gasteiger partial charge in [-0.05, 0) is 25.3 Å². The summed E-state index contributed by atoms with van der Waals surface area (Å²) in [6.45, 7) is 1.79. The maximum absolute atomic E-state index is 10.3. The minimum Gasteiger partial charge on any atom is -0.377 e. The second kappa shape index (κ2) is 7.75. The molecule has 0 unspecified atom stereocenters. The molecule has 0 radical (unpaired) electrons. The van der Waals surface area contributed by atoms with E-state index >= 15 is 0 Å². The minimum absolute atomic E-state index is 0.759. The first-order chi connectivity index (χ1) is 7.14. The molecule has 0 aliphatic rings. The highest BCUT2D eigenvalue weighted by Gasteiger charge is 2.36. The second-order valence-corrected chi connectivity index (χ2v) is 6.34. The van der Waals surface area contributed by atoms with Crippen LogP contribution in [-0.4, -0.2) is 36.4 Å². The molecule has 0 heterocycles. The van der Waals surface area contributed by atoms with Crippen molar-refractivity contribution in [2.24, 2.45) is 0 Å². The molecule has 0 bridgehead atoms. The number of allylic oxidation sites excluding steroid dienone is 2. The van der Waals surface area contributed by atoms with Crippen LogP contribution in [0.4, 0.5) is 0 Å². The van der Waals surface area contributed by atoms with Crippen molar-refractivity contribution in [1.29, 1.82) is 0 Å². The Hall–Kier alpha value is -0.493. The predicted molar refractivity (Wildman–Crippen MR) is 60.6 cm³/mol. The van der Waals surface area contributed by atoms with Gasteiger partial charge in [-0.15, -0.1) is 0 Å². The molecular formula is C10H20O4Si. The molecule has 0 aromatic heterocycles. The highest BCUT2D eigenvalue weighted by atomic mass is 28.4. The van der Waals surface area contributed by atoms with Crippen LogP contribution in [0.2, 0.25) is 6.04 Å². The fourth-order valence-electron chi connectivity index (χ4n) is 1.25. The number of aldehydes is 1. The topological polar surface area (TPSA) is 44.8 Å². The van der Waals surface area contributed by atoms with Crippen LogP contribution in [0.1, 0.15) is 19.8 Å². The van der Waals surface area contributed by atoms with Crippen molar-refractivity contribution in [3.05, 3.63) is 11.6 Å². The van der Waals surface area contributed by atoms with E-state index in [1.807, 2.05) is 6.08 Å².